The van der Waals surface area contributed by atoms with E-state index >= 15 is 0 Å². The number of nitrogen functional groups attached to an aromatic ring is 1. The van der Waals surface area contributed by atoms with Gasteiger partial charge in [-0.25, -0.2) is 4.98 Å². The fraction of sp³-hybridized carbons (Fsp3) is 0.500. The van der Waals surface area contributed by atoms with Crippen molar-refractivity contribution in [3.05, 3.63) is 34.7 Å². The van der Waals surface area contributed by atoms with E-state index in [9.17, 15) is 4.79 Å². The molecule has 144 valence electrons. The van der Waals surface area contributed by atoms with Crippen molar-refractivity contribution in [3.8, 4) is 10.6 Å². The number of amides is 1. The van der Waals surface area contributed by atoms with Crippen LogP contribution in [-0.2, 0) is 21.6 Å². The number of hydrogen-bond donors (Lipinski definition) is 1. The minimum absolute atomic E-state index is 0.0178. The summed E-state index contributed by atoms with van der Waals surface area (Å²) in [6.07, 6.45) is 4.64. The lowest BCUT2D eigenvalue weighted by molar-refractivity contribution is -0.139. The Kier molecular flexibility index (Phi) is 5.18. The fourth-order valence-electron chi connectivity index (χ4n) is 3.99. The van der Waals surface area contributed by atoms with Gasteiger partial charge in [-0.2, -0.15) is 11.8 Å². The summed E-state index contributed by atoms with van der Waals surface area (Å²) in [6.45, 7) is 4.23. The van der Waals surface area contributed by atoms with Gasteiger partial charge in [-0.05, 0) is 49.8 Å². The molecule has 2 aromatic heterocycles. The second-order valence-electron chi connectivity index (χ2n) is 7.19. The van der Waals surface area contributed by atoms with Gasteiger partial charge in [0, 0.05) is 24.4 Å². The molecule has 1 amide bonds. The zero-order valence-corrected chi connectivity index (χ0v) is 17.4. The van der Waals surface area contributed by atoms with E-state index in [0.717, 1.165) is 49.5 Å². The van der Waals surface area contributed by atoms with E-state index in [1.165, 1.54) is 10.4 Å². The van der Waals surface area contributed by atoms with Crippen molar-refractivity contribution in [3.63, 3.8) is 0 Å². The normalized spacial score (nSPS) is 19.7. The second kappa shape index (κ2) is 7.45. The molecule has 0 radical (unpaired) electrons. The van der Waals surface area contributed by atoms with E-state index in [-0.39, 0.29) is 16.8 Å². The number of nitrogens with zero attached hydrogens (tertiary/aromatic N) is 2. The first-order chi connectivity index (χ1) is 13.0. The van der Waals surface area contributed by atoms with Crippen LogP contribution in [0.25, 0.3) is 10.6 Å². The molecular weight excluding hydrogens is 378 g/mol. The molecule has 1 spiro atoms. The molecule has 1 saturated heterocycles. The lowest BCUT2D eigenvalue weighted by Gasteiger charge is -2.44. The lowest BCUT2D eigenvalue weighted by atomic mass is 9.82. The third-order valence-corrected chi connectivity index (χ3v) is 7.74. The number of ether oxygens (including phenoxy) is 1. The molecule has 2 aromatic rings. The van der Waals surface area contributed by atoms with E-state index in [1.807, 2.05) is 36.3 Å². The van der Waals surface area contributed by atoms with E-state index in [1.54, 1.807) is 23.1 Å². The number of thioether (sulfide) groups is 1. The van der Waals surface area contributed by atoms with Crippen molar-refractivity contribution in [2.45, 2.75) is 37.0 Å². The Hall–Kier alpha value is -1.57. The molecule has 27 heavy (non-hydrogen) atoms. The van der Waals surface area contributed by atoms with Gasteiger partial charge in [0.2, 0.25) is 5.91 Å². The number of likely N-dealkylation sites (tertiary alicyclic amines) is 1. The number of carbonyl (C=O) groups excluding carboxylic acids is 1. The molecule has 0 aromatic carbocycles. The lowest BCUT2D eigenvalue weighted by Crippen LogP contribution is -2.49. The van der Waals surface area contributed by atoms with Crippen LogP contribution < -0.4 is 5.73 Å². The molecule has 1 fully saturated rings. The molecule has 4 rings (SSSR count). The van der Waals surface area contributed by atoms with Crippen molar-refractivity contribution in [1.29, 1.82) is 0 Å². The molecular formula is C20H25N3O2S2. The maximum Gasteiger partial charge on any atom is 0.235 e. The number of carbonyl (C=O) groups is 1. The number of piperidine rings is 1. The van der Waals surface area contributed by atoms with Crippen molar-refractivity contribution < 1.29 is 9.53 Å². The van der Waals surface area contributed by atoms with Crippen LogP contribution in [0.4, 0.5) is 5.82 Å². The summed E-state index contributed by atoms with van der Waals surface area (Å²) in [7, 11) is 0. The Bertz CT molecular complexity index is 844. The SMILES string of the molecule is CSC(C)C(=O)N1CCC2(CC1)OCCc1sc(-c3cccc(N)n3)cc12. The zero-order valence-electron chi connectivity index (χ0n) is 15.7. The predicted molar refractivity (Wildman–Crippen MR) is 112 cm³/mol. The molecule has 0 aliphatic carbocycles. The van der Waals surface area contributed by atoms with Crippen LogP contribution in [0.1, 0.15) is 30.2 Å². The molecule has 7 heteroatoms. The topological polar surface area (TPSA) is 68.5 Å². The number of fused-ring (bicyclic) bond motifs is 2. The number of thiophene rings is 1. The third-order valence-electron chi connectivity index (χ3n) is 5.61. The van der Waals surface area contributed by atoms with Crippen LogP contribution in [-0.4, -0.2) is 47.0 Å². The maximum atomic E-state index is 12.5. The van der Waals surface area contributed by atoms with Gasteiger partial charge in [0.25, 0.3) is 0 Å². The highest BCUT2D eigenvalue weighted by molar-refractivity contribution is 7.99. The quantitative estimate of drug-likeness (QED) is 0.849. The highest BCUT2D eigenvalue weighted by Crippen LogP contribution is 2.46. The van der Waals surface area contributed by atoms with Gasteiger partial charge < -0.3 is 15.4 Å². The van der Waals surface area contributed by atoms with Crippen LogP contribution in [0, 0.1) is 0 Å². The molecule has 1 unspecified atom stereocenters. The Morgan fingerprint density at radius 1 is 1.41 bits per heavy atom. The molecule has 0 bridgehead atoms. The van der Waals surface area contributed by atoms with Gasteiger partial charge in [-0.3, -0.25) is 4.79 Å². The summed E-state index contributed by atoms with van der Waals surface area (Å²) in [5, 5.41) is 0.0178. The second-order valence-corrected chi connectivity index (χ2v) is 9.51. The molecule has 5 nitrogen and oxygen atoms in total. The van der Waals surface area contributed by atoms with Crippen molar-refractivity contribution in [2.24, 2.45) is 0 Å². The first-order valence-electron chi connectivity index (χ1n) is 9.34. The Balaban J connectivity index is 1.58. The van der Waals surface area contributed by atoms with Gasteiger partial charge in [-0.1, -0.05) is 6.07 Å². The number of hydrogen-bond acceptors (Lipinski definition) is 6. The fourth-order valence-corrected chi connectivity index (χ4v) is 5.54. The number of rotatable bonds is 3. The van der Waals surface area contributed by atoms with Gasteiger partial charge >= 0.3 is 0 Å². The first kappa shape index (κ1) is 18.8. The summed E-state index contributed by atoms with van der Waals surface area (Å²) in [5.41, 5.74) is 7.82. The van der Waals surface area contributed by atoms with Crippen molar-refractivity contribution >= 4 is 34.8 Å². The summed E-state index contributed by atoms with van der Waals surface area (Å²) >= 11 is 3.40. The van der Waals surface area contributed by atoms with Gasteiger partial charge in [0.15, 0.2) is 0 Å². The smallest absolute Gasteiger partial charge is 0.235 e. The largest absolute Gasteiger partial charge is 0.384 e. The number of anilines is 1. The molecule has 2 aliphatic rings. The Morgan fingerprint density at radius 3 is 2.89 bits per heavy atom. The van der Waals surface area contributed by atoms with Crippen LogP contribution in [0.15, 0.2) is 24.3 Å². The van der Waals surface area contributed by atoms with Gasteiger partial charge in [0.05, 0.1) is 28.0 Å². The number of pyridine rings is 1. The van der Waals surface area contributed by atoms with E-state index in [0.29, 0.717) is 5.82 Å². The standard InChI is InChI=1S/C20H25N3O2S2/c1-13(26-2)19(24)23-9-7-20(8-10-23)14-12-17(27-16(14)6-11-25-20)15-4-3-5-18(21)22-15/h3-5,12-13H,6-11H2,1-2H3,(H2,21,22). The summed E-state index contributed by atoms with van der Waals surface area (Å²) in [5.74, 6) is 0.780. The minimum Gasteiger partial charge on any atom is -0.384 e. The van der Waals surface area contributed by atoms with E-state index in [4.69, 9.17) is 10.5 Å². The Labute approximate surface area is 168 Å². The molecule has 4 heterocycles. The van der Waals surface area contributed by atoms with Gasteiger partial charge in [0.1, 0.15) is 5.82 Å². The highest BCUT2D eigenvalue weighted by atomic mass is 32.2. The average molecular weight is 404 g/mol. The zero-order chi connectivity index (χ0) is 19.0. The molecule has 2 N–H and O–H groups in total. The van der Waals surface area contributed by atoms with Gasteiger partial charge in [-0.15, -0.1) is 11.3 Å². The molecule has 0 saturated carbocycles. The monoisotopic (exact) mass is 403 g/mol. The van der Waals surface area contributed by atoms with E-state index in [2.05, 4.69) is 11.1 Å². The average Bonchev–Trinajstić information content (AvgIpc) is 3.14. The summed E-state index contributed by atoms with van der Waals surface area (Å²) in [4.78, 5) is 21.5. The van der Waals surface area contributed by atoms with Crippen molar-refractivity contribution in [1.82, 2.24) is 9.88 Å². The number of nitrogens with two attached hydrogens (primary N) is 1. The predicted octanol–water partition coefficient (Wildman–Crippen LogP) is 3.53. The van der Waals surface area contributed by atoms with E-state index < -0.39 is 0 Å². The molecule has 1 atom stereocenters. The maximum absolute atomic E-state index is 12.5. The van der Waals surface area contributed by atoms with Crippen LogP contribution in [0.3, 0.4) is 0 Å². The minimum atomic E-state index is -0.262. The van der Waals surface area contributed by atoms with Crippen LogP contribution >= 0.6 is 23.1 Å². The highest BCUT2D eigenvalue weighted by Gasteiger charge is 2.43. The van der Waals surface area contributed by atoms with Crippen molar-refractivity contribution in [2.75, 3.05) is 31.7 Å². The summed E-state index contributed by atoms with van der Waals surface area (Å²) in [6, 6.07) is 8.00. The van der Waals surface area contributed by atoms with Crippen LogP contribution in [0.5, 0.6) is 0 Å². The molecule has 2 aliphatic heterocycles. The first-order valence-corrected chi connectivity index (χ1v) is 11.4. The van der Waals surface area contributed by atoms with Crippen LogP contribution in [0.2, 0.25) is 0 Å². The summed E-state index contributed by atoms with van der Waals surface area (Å²) < 4.78 is 6.34. The Morgan fingerprint density at radius 2 is 2.19 bits per heavy atom. The number of aromatic nitrogens is 1. The third kappa shape index (κ3) is 3.48.